The van der Waals surface area contributed by atoms with Gasteiger partial charge in [-0.3, -0.25) is 4.79 Å². The lowest BCUT2D eigenvalue weighted by Crippen LogP contribution is -2.51. The molecule has 1 fully saturated rings. The number of ether oxygens (including phenoxy) is 1. The Hall–Kier alpha value is -0.280. The molecule has 106 valence electrons. The summed E-state index contributed by atoms with van der Waals surface area (Å²) in [5.74, 6) is 0.389. The van der Waals surface area contributed by atoms with E-state index in [2.05, 4.69) is 19.2 Å². The maximum atomic E-state index is 12.1. The van der Waals surface area contributed by atoms with Crippen LogP contribution in [0.25, 0.3) is 0 Å². The topological polar surface area (TPSA) is 38.3 Å². The predicted molar refractivity (Wildman–Crippen MR) is 74.9 cm³/mol. The van der Waals surface area contributed by atoms with E-state index in [1.165, 1.54) is 0 Å². The Kier molecular flexibility index (Phi) is 5.47. The van der Waals surface area contributed by atoms with Gasteiger partial charge in [0, 0.05) is 18.5 Å². The van der Waals surface area contributed by atoms with Crippen LogP contribution in [-0.2, 0) is 9.53 Å². The molecule has 1 saturated heterocycles. The van der Waals surface area contributed by atoms with Gasteiger partial charge in [0.15, 0.2) is 0 Å². The van der Waals surface area contributed by atoms with E-state index in [4.69, 9.17) is 16.3 Å². The van der Waals surface area contributed by atoms with Crippen LogP contribution in [0.3, 0.4) is 0 Å². The van der Waals surface area contributed by atoms with E-state index < -0.39 is 5.41 Å². The molecule has 3 nitrogen and oxygen atoms in total. The van der Waals surface area contributed by atoms with Crippen LogP contribution in [-0.4, -0.2) is 30.0 Å². The Bertz CT molecular complexity index is 288. The lowest BCUT2D eigenvalue weighted by Gasteiger charge is -2.41. The number of hydrogen-bond donors (Lipinski definition) is 1. The first kappa shape index (κ1) is 15.8. The number of amides is 1. The third-order valence-electron chi connectivity index (χ3n) is 4.07. The van der Waals surface area contributed by atoms with Gasteiger partial charge in [-0.1, -0.05) is 13.8 Å². The van der Waals surface area contributed by atoms with E-state index in [0.29, 0.717) is 5.88 Å². The zero-order valence-electron chi connectivity index (χ0n) is 12.0. The number of carbonyl (C=O) groups excluding carboxylic acids is 1. The molecule has 0 aromatic heterocycles. The number of rotatable bonds is 5. The van der Waals surface area contributed by atoms with Crippen LogP contribution >= 0.6 is 11.6 Å². The second kappa shape index (κ2) is 6.25. The third kappa shape index (κ3) is 3.61. The van der Waals surface area contributed by atoms with Crippen LogP contribution in [0, 0.1) is 5.41 Å². The Labute approximate surface area is 116 Å². The zero-order chi connectivity index (χ0) is 13.8. The monoisotopic (exact) mass is 275 g/mol. The highest BCUT2D eigenvalue weighted by Crippen LogP contribution is 2.32. The van der Waals surface area contributed by atoms with E-state index in [9.17, 15) is 4.79 Å². The first-order chi connectivity index (χ1) is 8.39. The Morgan fingerprint density at radius 2 is 2.06 bits per heavy atom. The van der Waals surface area contributed by atoms with Crippen molar-refractivity contribution in [3.05, 3.63) is 0 Å². The first-order valence-corrected chi connectivity index (χ1v) is 7.43. The average molecular weight is 276 g/mol. The largest absolute Gasteiger partial charge is 0.375 e. The summed E-state index contributed by atoms with van der Waals surface area (Å²) < 4.78 is 5.91. The minimum absolute atomic E-state index is 0.0468. The molecule has 1 rings (SSSR count). The Morgan fingerprint density at radius 1 is 1.44 bits per heavy atom. The SMILES string of the molecule is CCC1(CC)CC(NC(=O)C(C)(C)CCl)CCO1. The fourth-order valence-electron chi connectivity index (χ4n) is 2.34. The summed E-state index contributed by atoms with van der Waals surface area (Å²) in [5.41, 5.74) is -0.553. The molecule has 4 heteroatoms. The van der Waals surface area contributed by atoms with Crippen molar-refractivity contribution in [2.45, 2.75) is 65.0 Å². The van der Waals surface area contributed by atoms with Gasteiger partial charge < -0.3 is 10.1 Å². The molecular formula is C14H26ClNO2. The first-order valence-electron chi connectivity index (χ1n) is 6.90. The molecule has 0 aromatic rings. The summed E-state index contributed by atoms with van der Waals surface area (Å²) >= 11 is 5.83. The molecule has 1 unspecified atom stereocenters. The highest BCUT2D eigenvalue weighted by atomic mass is 35.5. The van der Waals surface area contributed by atoms with Gasteiger partial charge in [-0.25, -0.2) is 0 Å². The molecule has 1 atom stereocenters. The molecule has 0 saturated carbocycles. The molecule has 0 aliphatic carbocycles. The van der Waals surface area contributed by atoms with Crippen molar-refractivity contribution >= 4 is 17.5 Å². The highest BCUT2D eigenvalue weighted by Gasteiger charge is 2.36. The molecule has 0 spiro atoms. The van der Waals surface area contributed by atoms with Gasteiger partial charge in [0.05, 0.1) is 11.0 Å². The van der Waals surface area contributed by atoms with E-state index in [1.807, 2.05) is 13.8 Å². The molecular weight excluding hydrogens is 250 g/mol. The van der Waals surface area contributed by atoms with Gasteiger partial charge in [0.2, 0.25) is 5.91 Å². The van der Waals surface area contributed by atoms with E-state index >= 15 is 0 Å². The van der Waals surface area contributed by atoms with Crippen LogP contribution in [0.5, 0.6) is 0 Å². The number of alkyl halides is 1. The van der Waals surface area contributed by atoms with Gasteiger partial charge in [-0.15, -0.1) is 11.6 Å². The van der Waals surface area contributed by atoms with Crippen molar-refractivity contribution in [2.24, 2.45) is 5.41 Å². The second-order valence-electron chi connectivity index (χ2n) is 5.92. The fraction of sp³-hybridized carbons (Fsp3) is 0.929. The van der Waals surface area contributed by atoms with Gasteiger partial charge >= 0.3 is 0 Å². The van der Waals surface area contributed by atoms with Crippen molar-refractivity contribution in [1.29, 1.82) is 0 Å². The average Bonchev–Trinajstić information content (AvgIpc) is 2.38. The highest BCUT2D eigenvalue weighted by molar-refractivity contribution is 6.19. The third-order valence-corrected chi connectivity index (χ3v) is 4.73. The van der Waals surface area contributed by atoms with E-state index in [1.54, 1.807) is 0 Å². The number of nitrogens with one attached hydrogen (secondary N) is 1. The summed E-state index contributed by atoms with van der Waals surface area (Å²) in [5, 5.41) is 3.13. The predicted octanol–water partition coefficient (Wildman–Crippen LogP) is 3.11. The molecule has 1 N–H and O–H groups in total. The summed E-state index contributed by atoms with van der Waals surface area (Å²) in [4.78, 5) is 12.1. The van der Waals surface area contributed by atoms with Gasteiger partial charge in [-0.2, -0.15) is 0 Å². The molecule has 18 heavy (non-hydrogen) atoms. The maximum Gasteiger partial charge on any atom is 0.227 e. The van der Waals surface area contributed by atoms with E-state index in [0.717, 1.165) is 32.3 Å². The van der Waals surface area contributed by atoms with Gasteiger partial charge in [0.25, 0.3) is 0 Å². The lowest BCUT2D eigenvalue weighted by atomic mass is 9.85. The zero-order valence-corrected chi connectivity index (χ0v) is 12.8. The Morgan fingerprint density at radius 3 is 2.56 bits per heavy atom. The molecule has 1 aliphatic heterocycles. The van der Waals surface area contributed by atoms with Crippen molar-refractivity contribution < 1.29 is 9.53 Å². The number of hydrogen-bond acceptors (Lipinski definition) is 2. The Balaban J connectivity index is 2.61. The smallest absolute Gasteiger partial charge is 0.227 e. The van der Waals surface area contributed by atoms with Crippen LogP contribution in [0.15, 0.2) is 0 Å². The summed E-state index contributed by atoms with van der Waals surface area (Å²) in [7, 11) is 0. The van der Waals surface area contributed by atoms with Crippen LogP contribution in [0.2, 0.25) is 0 Å². The molecule has 1 amide bonds. The second-order valence-corrected chi connectivity index (χ2v) is 6.19. The summed E-state index contributed by atoms with van der Waals surface area (Å²) in [6.45, 7) is 8.78. The van der Waals surface area contributed by atoms with Crippen molar-refractivity contribution in [3.8, 4) is 0 Å². The van der Waals surface area contributed by atoms with Crippen molar-refractivity contribution in [3.63, 3.8) is 0 Å². The minimum Gasteiger partial charge on any atom is -0.375 e. The van der Waals surface area contributed by atoms with Gasteiger partial charge in [0.1, 0.15) is 0 Å². The quantitative estimate of drug-likeness (QED) is 0.783. The van der Waals surface area contributed by atoms with Crippen molar-refractivity contribution in [2.75, 3.05) is 12.5 Å². The van der Waals surface area contributed by atoms with Crippen LogP contribution in [0.4, 0.5) is 0 Å². The molecule has 1 aliphatic rings. The summed E-state index contributed by atoms with van der Waals surface area (Å²) in [6.07, 6.45) is 3.79. The molecule has 0 aromatic carbocycles. The number of halogens is 1. The van der Waals surface area contributed by atoms with Gasteiger partial charge in [-0.05, 0) is 39.5 Å². The van der Waals surface area contributed by atoms with Crippen LogP contribution < -0.4 is 5.32 Å². The van der Waals surface area contributed by atoms with Crippen LogP contribution in [0.1, 0.15) is 53.4 Å². The number of carbonyl (C=O) groups is 1. The summed E-state index contributed by atoms with van der Waals surface area (Å²) in [6, 6.07) is 0.216. The molecule has 0 radical (unpaired) electrons. The van der Waals surface area contributed by atoms with E-state index in [-0.39, 0.29) is 17.6 Å². The van der Waals surface area contributed by atoms with Crippen molar-refractivity contribution in [1.82, 2.24) is 5.32 Å². The molecule has 1 heterocycles. The minimum atomic E-state index is -0.499. The lowest BCUT2D eigenvalue weighted by molar-refractivity contribution is -0.132. The molecule has 0 bridgehead atoms. The maximum absolute atomic E-state index is 12.1. The fourth-order valence-corrected chi connectivity index (χ4v) is 2.46. The standard InChI is InChI=1S/C14H26ClNO2/c1-5-14(6-2)9-11(7-8-18-14)16-12(17)13(3,4)10-15/h11H,5-10H2,1-4H3,(H,16,17). The normalized spacial score (nSPS) is 23.7.